The van der Waals surface area contributed by atoms with Gasteiger partial charge in [0.2, 0.25) is 0 Å². The Balaban J connectivity index is 3.10. The Labute approximate surface area is 155 Å². The van der Waals surface area contributed by atoms with Crippen molar-refractivity contribution in [3.63, 3.8) is 0 Å². The number of aliphatic hydroxyl groups is 3. The summed E-state index contributed by atoms with van der Waals surface area (Å²) >= 11 is 0. The average molecular weight is 394 g/mol. The van der Waals surface area contributed by atoms with Crippen LogP contribution >= 0.6 is 0 Å². The van der Waals surface area contributed by atoms with Crippen LogP contribution in [0.5, 0.6) is 0 Å². The van der Waals surface area contributed by atoms with Crippen LogP contribution in [0.15, 0.2) is 0 Å². The molecule has 0 aromatic heterocycles. The molecule has 1 heterocycles. The highest BCUT2D eigenvalue weighted by Crippen LogP contribution is 2.32. The Kier molecular flexibility index (Phi) is 8.11. The molecule has 1 aliphatic heterocycles. The molecule has 0 saturated carbocycles. The third-order valence-corrected chi connectivity index (χ3v) is 4.03. The lowest BCUT2D eigenvalue weighted by molar-refractivity contribution is -0.326. The maximum absolute atomic E-state index is 11.8. The standard InChI is InChI=1S/C16H26O11/c1-7(2)4-16(15(23)24,5-10(18)19)27-14-13(22)12(21)11(20)9(26-14)6-25-8(3)17/h7,9,11-14,20-22H,4-6H2,1-3H3,(H,18,19)(H,23,24)/t9-,11-,12+,13-,14+,16-/m1/s1. The first-order valence-electron chi connectivity index (χ1n) is 8.35. The molecule has 1 rings (SSSR count). The summed E-state index contributed by atoms with van der Waals surface area (Å²) in [5.74, 6) is -3.99. The van der Waals surface area contributed by atoms with Gasteiger partial charge in [0, 0.05) is 6.92 Å². The fourth-order valence-electron chi connectivity index (χ4n) is 2.85. The molecule has 1 saturated heterocycles. The Morgan fingerprint density at radius 3 is 2.11 bits per heavy atom. The average Bonchev–Trinajstić information content (AvgIpc) is 2.52. The van der Waals surface area contributed by atoms with Gasteiger partial charge in [-0.25, -0.2) is 4.79 Å². The molecule has 11 nitrogen and oxygen atoms in total. The SMILES string of the molecule is CC(=O)OC[C@H]1O[C@@H](O[C@@](CC(=O)O)(CC(C)C)C(=O)O)[C@H](O)[C@@H](O)[C@@H]1O. The lowest BCUT2D eigenvalue weighted by Gasteiger charge is -2.43. The monoisotopic (exact) mass is 394 g/mol. The van der Waals surface area contributed by atoms with E-state index in [9.17, 15) is 34.8 Å². The van der Waals surface area contributed by atoms with Gasteiger partial charge in [-0.05, 0) is 12.3 Å². The highest BCUT2D eigenvalue weighted by atomic mass is 16.7. The van der Waals surface area contributed by atoms with Gasteiger partial charge in [0.05, 0.1) is 6.42 Å². The van der Waals surface area contributed by atoms with Gasteiger partial charge >= 0.3 is 17.9 Å². The number of aliphatic hydroxyl groups excluding tert-OH is 3. The molecule has 0 spiro atoms. The molecule has 5 N–H and O–H groups in total. The fraction of sp³-hybridized carbons (Fsp3) is 0.812. The number of ether oxygens (including phenoxy) is 3. The summed E-state index contributed by atoms with van der Waals surface area (Å²) in [6, 6.07) is 0. The van der Waals surface area contributed by atoms with E-state index in [1.807, 2.05) is 0 Å². The number of carboxylic acids is 2. The van der Waals surface area contributed by atoms with Gasteiger partial charge < -0.3 is 39.7 Å². The zero-order valence-corrected chi connectivity index (χ0v) is 15.3. The number of aliphatic carboxylic acids is 2. The van der Waals surface area contributed by atoms with E-state index in [1.54, 1.807) is 13.8 Å². The summed E-state index contributed by atoms with van der Waals surface area (Å²) in [5, 5.41) is 48.7. The number of carboxylic acid groups (broad SMARTS) is 2. The maximum atomic E-state index is 11.8. The van der Waals surface area contributed by atoms with Crippen LogP contribution in [0.3, 0.4) is 0 Å². The number of esters is 1. The minimum atomic E-state index is -2.24. The van der Waals surface area contributed by atoms with Crippen molar-refractivity contribution >= 4 is 17.9 Å². The zero-order chi connectivity index (χ0) is 20.9. The van der Waals surface area contributed by atoms with Gasteiger partial charge in [0.25, 0.3) is 0 Å². The summed E-state index contributed by atoms with van der Waals surface area (Å²) in [6.07, 6.45) is -9.49. The molecule has 156 valence electrons. The molecule has 1 fully saturated rings. The van der Waals surface area contributed by atoms with Crippen molar-refractivity contribution in [1.29, 1.82) is 0 Å². The van der Waals surface area contributed by atoms with Crippen LogP contribution in [0.1, 0.15) is 33.6 Å². The smallest absolute Gasteiger partial charge is 0.336 e. The molecule has 0 unspecified atom stereocenters. The number of hydrogen-bond acceptors (Lipinski definition) is 9. The summed E-state index contributed by atoms with van der Waals surface area (Å²) in [4.78, 5) is 33.9. The molecular weight excluding hydrogens is 368 g/mol. The van der Waals surface area contributed by atoms with Gasteiger partial charge in [-0.1, -0.05) is 13.8 Å². The van der Waals surface area contributed by atoms with Crippen LogP contribution in [-0.2, 0) is 28.6 Å². The summed E-state index contributed by atoms with van der Waals surface area (Å²) in [6.45, 7) is 3.94. The summed E-state index contributed by atoms with van der Waals surface area (Å²) in [7, 11) is 0. The lowest BCUT2D eigenvalue weighted by atomic mass is 9.88. The van der Waals surface area contributed by atoms with E-state index in [1.165, 1.54) is 0 Å². The highest BCUT2D eigenvalue weighted by Gasteiger charge is 2.51. The van der Waals surface area contributed by atoms with Gasteiger partial charge in [-0.3, -0.25) is 9.59 Å². The van der Waals surface area contributed by atoms with Crippen molar-refractivity contribution in [2.24, 2.45) is 5.92 Å². The molecule has 6 atom stereocenters. The van der Waals surface area contributed by atoms with E-state index in [0.717, 1.165) is 6.92 Å². The Morgan fingerprint density at radius 2 is 1.67 bits per heavy atom. The Bertz CT molecular complexity index is 548. The normalized spacial score (nSPS) is 30.6. The van der Waals surface area contributed by atoms with Crippen LogP contribution in [-0.4, -0.2) is 86.4 Å². The zero-order valence-electron chi connectivity index (χ0n) is 15.3. The van der Waals surface area contributed by atoms with Crippen LogP contribution in [0.4, 0.5) is 0 Å². The predicted molar refractivity (Wildman–Crippen MR) is 86.5 cm³/mol. The third kappa shape index (κ3) is 6.11. The minimum absolute atomic E-state index is 0.214. The van der Waals surface area contributed by atoms with Crippen molar-refractivity contribution < 1.29 is 54.1 Å². The molecular formula is C16H26O11. The topological polar surface area (TPSA) is 180 Å². The van der Waals surface area contributed by atoms with Crippen molar-refractivity contribution in [2.45, 2.75) is 69.9 Å². The van der Waals surface area contributed by atoms with Crippen molar-refractivity contribution in [3.8, 4) is 0 Å². The van der Waals surface area contributed by atoms with E-state index in [2.05, 4.69) is 0 Å². The Morgan fingerprint density at radius 1 is 1.07 bits per heavy atom. The van der Waals surface area contributed by atoms with E-state index < -0.39 is 67.2 Å². The molecule has 0 amide bonds. The predicted octanol–water partition coefficient (Wildman–Crippen LogP) is -1.28. The van der Waals surface area contributed by atoms with Crippen molar-refractivity contribution in [2.75, 3.05) is 6.61 Å². The number of carbonyl (C=O) groups excluding carboxylic acids is 1. The molecule has 11 heteroatoms. The largest absolute Gasteiger partial charge is 0.481 e. The van der Waals surface area contributed by atoms with E-state index in [0.29, 0.717) is 0 Å². The van der Waals surface area contributed by atoms with Gasteiger partial charge in [0.1, 0.15) is 31.0 Å². The van der Waals surface area contributed by atoms with Crippen LogP contribution in [0, 0.1) is 5.92 Å². The molecule has 0 bridgehead atoms. The van der Waals surface area contributed by atoms with E-state index in [4.69, 9.17) is 19.3 Å². The number of rotatable bonds is 9. The second-order valence-electron chi connectivity index (χ2n) is 6.90. The quantitative estimate of drug-likeness (QED) is 0.294. The second-order valence-corrected chi connectivity index (χ2v) is 6.90. The molecule has 0 aromatic rings. The van der Waals surface area contributed by atoms with Gasteiger partial charge in [0.15, 0.2) is 11.9 Å². The Hall–Kier alpha value is -1.79. The molecule has 0 radical (unpaired) electrons. The third-order valence-electron chi connectivity index (χ3n) is 4.03. The number of carbonyl (C=O) groups is 3. The van der Waals surface area contributed by atoms with Gasteiger partial charge in [-0.15, -0.1) is 0 Å². The molecule has 27 heavy (non-hydrogen) atoms. The molecule has 1 aliphatic rings. The van der Waals surface area contributed by atoms with E-state index >= 15 is 0 Å². The van der Waals surface area contributed by atoms with Gasteiger partial charge in [-0.2, -0.15) is 0 Å². The first-order valence-corrected chi connectivity index (χ1v) is 8.35. The number of hydrogen-bond donors (Lipinski definition) is 5. The fourth-order valence-corrected chi connectivity index (χ4v) is 2.85. The van der Waals surface area contributed by atoms with Crippen LogP contribution in [0.2, 0.25) is 0 Å². The minimum Gasteiger partial charge on any atom is -0.481 e. The first kappa shape index (κ1) is 23.2. The first-order chi connectivity index (χ1) is 12.4. The second kappa shape index (κ2) is 9.42. The van der Waals surface area contributed by atoms with Crippen LogP contribution in [0.25, 0.3) is 0 Å². The van der Waals surface area contributed by atoms with Crippen LogP contribution < -0.4 is 0 Å². The van der Waals surface area contributed by atoms with Crippen molar-refractivity contribution in [3.05, 3.63) is 0 Å². The summed E-state index contributed by atoms with van der Waals surface area (Å²) < 4.78 is 15.4. The lowest BCUT2D eigenvalue weighted by Crippen LogP contribution is -2.62. The molecule has 0 aliphatic carbocycles. The summed E-state index contributed by atoms with van der Waals surface area (Å²) in [5.41, 5.74) is -2.24. The van der Waals surface area contributed by atoms with E-state index in [-0.39, 0.29) is 12.3 Å². The van der Waals surface area contributed by atoms with Crippen molar-refractivity contribution in [1.82, 2.24) is 0 Å². The maximum Gasteiger partial charge on any atom is 0.336 e. The molecule has 0 aromatic carbocycles. The highest BCUT2D eigenvalue weighted by molar-refractivity contribution is 5.84.